The van der Waals surface area contributed by atoms with E-state index in [0.717, 1.165) is 23.3 Å². The monoisotopic (exact) mass is 197 g/mol. The Morgan fingerprint density at radius 3 is 2.69 bits per heavy atom. The lowest BCUT2D eigenvalue weighted by molar-refractivity contribution is 0.614. The molecule has 0 aliphatic heterocycles. The molecule has 1 fully saturated rings. The molecule has 1 aromatic carbocycles. The first-order valence-corrected chi connectivity index (χ1v) is 5.51. The van der Waals surface area contributed by atoms with Crippen molar-refractivity contribution in [3.05, 3.63) is 29.6 Å². The third-order valence-electron chi connectivity index (χ3n) is 2.49. The maximum atomic E-state index is 13.0. The first-order valence-electron chi connectivity index (χ1n) is 4.29. The molecular formula is C10H12FNS. The van der Waals surface area contributed by atoms with E-state index in [1.165, 1.54) is 6.07 Å². The van der Waals surface area contributed by atoms with Gasteiger partial charge in [0.05, 0.1) is 0 Å². The van der Waals surface area contributed by atoms with Crippen LogP contribution in [0.1, 0.15) is 18.4 Å². The van der Waals surface area contributed by atoms with Gasteiger partial charge in [-0.3, -0.25) is 0 Å². The zero-order chi connectivity index (χ0) is 9.47. The molecule has 0 saturated heterocycles. The lowest BCUT2D eigenvalue weighted by atomic mass is 10.1. The van der Waals surface area contributed by atoms with E-state index in [1.807, 2.05) is 12.3 Å². The van der Waals surface area contributed by atoms with Crippen molar-refractivity contribution in [1.82, 2.24) is 0 Å². The summed E-state index contributed by atoms with van der Waals surface area (Å²) in [6.07, 6.45) is 3.94. The number of benzene rings is 1. The third-order valence-corrected chi connectivity index (χ3v) is 3.28. The fraction of sp³-hybridized carbons (Fsp3) is 0.400. The van der Waals surface area contributed by atoms with Crippen molar-refractivity contribution >= 4 is 11.8 Å². The quantitative estimate of drug-likeness (QED) is 0.737. The summed E-state index contributed by atoms with van der Waals surface area (Å²) in [6, 6.07) is 4.86. The molecular weight excluding hydrogens is 185 g/mol. The molecule has 1 aliphatic carbocycles. The van der Waals surface area contributed by atoms with Gasteiger partial charge in [-0.25, -0.2) is 4.39 Å². The largest absolute Gasteiger partial charge is 0.321 e. The van der Waals surface area contributed by atoms with Gasteiger partial charge in [-0.05, 0) is 42.9 Å². The number of hydrogen-bond donors (Lipinski definition) is 1. The molecule has 0 aromatic heterocycles. The topological polar surface area (TPSA) is 26.0 Å². The van der Waals surface area contributed by atoms with Gasteiger partial charge in [-0.1, -0.05) is 0 Å². The molecule has 1 saturated carbocycles. The number of halogens is 1. The molecule has 2 rings (SSSR count). The van der Waals surface area contributed by atoms with Gasteiger partial charge < -0.3 is 5.73 Å². The van der Waals surface area contributed by atoms with Crippen molar-refractivity contribution < 1.29 is 4.39 Å². The van der Waals surface area contributed by atoms with Crippen LogP contribution < -0.4 is 5.73 Å². The van der Waals surface area contributed by atoms with Crippen LogP contribution in [0, 0.1) is 5.82 Å². The molecule has 1 aliphatic rings. The SMILES string of the molecule is CSc1ccc(F)cc1C1(N)CC1. The van der Waals surface area contributed by atoms with Crippen LogP contribution in [-0.2, 0) is 5.54 Å². The van der Waals surface area contributed by atoms with Gasteiger partial charge in [0.2, 0.25) is 0 Å². The summed E-state index contributed by atoms with van der Waals surface area (Å²) < 4.78 is 13.0. The Balaban J connectivity index is 2.47. The Bertz CT molecular complexity index is 334. The van der Waals surface area contributed by atoms with Crippen molar-refractivity contribution in [2.24, 2.45) is 5.73 Å². The molecule has 1 aromatic rings. The van der Waals surface area contributed by atoms with E-state index in [1.54, 1.807) is 17.8 Å². The van der Waals surface area contributed by atoms with Crippen LogP contribution >= 0.6 is 11.8 Å². The predicted octanol–water partition coefficient (Wildman–Crippen LogP) is 2.50. The van der Waals surface area contributed by atoms with Crippen molar-refractivity contribution in [3.63, 3.8) is 0 Å². The zero-order valence-electron chi connectivity index (χ0n) is 7.51. The Morgan fingerprint density at radius 2 is 2.15 bits per heavy atom. The molecule has 0 atom stereocenters. The van der Waals surface area contributed by atoms with E-state index in [9.17, 15) is 4.39 Å². The zero-order valence-corrected chi connectivity index (χ0v) is 8.33. The molecule has 0 radical (unpaired) electrons. The first-order chi connectivity index (χ1) is 6.15. The van der Waals surface area contributed by atoms with Gasteiger partial charge in [-0.2, -0.15) is 0 Å². The molecule has 0 heterocycles. The van der Waals surface area contributed by atoms with E-state index < -0.39 is 0 Å². The Morgan fingerprint density at radius 1 is 1.46 bits per heavy atom. The lowest BCUT2D eigenvalue weighted by Crippen LogP contribution is -2.19. The van der Waals surface area contributed by atoms with Crippen LogP contribution in [0.4, 0.5) is 4.39 Å². The van der Waals surface area contributed by atoms with Crippen molar-refractivity contribution in [2.45, 2.75) is 23.3 Å². The van der Waals surface area contributed by atoms with Gasteiger partial charge in [-0.15, -0.1) is 11.8 Å². The van der Waals surface area contributed by atoms with Crippen molar-refractivity contribution in [2.75, 3.05) is 6.26 Å². The summed E-state index contributed by atoms with van der Waals surface area (Å²) in [4.78, 5) is 1.10. The molecule has 3 heteroatoms. The molecule has 70 valence electrons. The highest BCUT2D eigenvalue weighted by Crippen LogP contribution is 2.46. The normalized spacial score (nSPS) is 18.7. The molecule has 2 N–H and O–H groups in total. The standard InChI is InChI=1S/C10H12FNS/c1-13-9-3-2-7(11)6-8(9)10(12)4-5-10/h2-3,6H,4-5,12H2,1H3. The number of thioether (sulfide) groups is 1. The molecule has 0 amide bonds. The van der Waals surface area contributed by atoms with Gasteiger partial charge in [0.1, 0.15) is 5.82 Å². The second kappa shape index (κ2) is 3.00. The van der Waals surface area contributed by atoms with E-state index in [4.69, 9.17) is 5.73 Å². The fourth-order valence-electron chi connectivity index (χ4n) is 1.47. The van der Waals surface area contributed by atoms with Gasteiger partial charge in [0, 0.05) is 10.4 Å². The molecule has 0 bridgehead atoms. The molecule has 1 nitrogen and oxygen atoms in total. The van der Waals surface area contributed by atoms with Crippen molar-refractivity contribution in [1.29, 1.82) is 0 Å². The van der Waals surface area contributed by atoms with E-state index >= 15 is 0 Å². The van der Waals surface area contributed by atoms with Gasteiger partial charge in [0.15, 0.2) is 0 Å². The number of nitrogens with two attached hydrogens (primary N) is 1. The maximum absolute atomic E-state index is 13.0. The van der Waals surface area contributed by atoms with Crippen LogP contribution in [0.3, 0.4) is 0 Å². The fourth-order valence-corrected chi connectivity index (χ4v) is 2.16. The molecule has 13 heavy (non-hydrogen) atoms. The number of rotatable bonds is 2. The lowest BCUT2D eigenvalue weighted by Gasteiger charge is -2.13. The second-order valence-corrected chi connectivity index (χ2v) is 4.35. The highest BCUT2D eigenvalue weighted by Gasteiger charge is 2.41. The van der Waals surface area contributed by atoms with E-state index in [0.29, 0.717) is 0 Å². The average molecular weight is 197 g/mol. The minimum Gasteiger partial charge on any atom is -0.321 e. The minimum absolute atomic E-state index is 0.190. The average Bonchev–Trinajstić information content (AvgIpc) is 2.85. The van der Waals surface area contributed by atoms with Crippen LogP contribution in [0.5, 0.6) is 0 Å². The van der Waals surface area contributed by atoms with Crippen LogP contribution in [0.2, 0.25) is 0 Å². The number of hydrogen-bond acceptors (Lipinski definition) is 2. The molecule has 0 spiro atoms. The van der Waals surface area contributed by atoms with Gasteiger partial charge >= 0.3 is 0 Å². The maximum Gasteiger partial charge on any atom is 0.123 e. The third kappa shape index (κ3) is 1.58. The summed E-state index contributed by atoms with van der Waals surface area (Å²) in [6.45, 7) is 0. The van der Waals surface area contributed by atoms with E-state index in [-0.39, 0.29) is 11.4 Å². The highest BCUT2D eigenvalue weighted by molar-refractivity contribution is 7.98. The highest BCUT2D eigenvalue weighted by atomic mass is 32.2. The van der Waals surface area contributed by atoms with Gasteiger partial charge in [0.25, 0.3) is 0 Å². The Labute approximate surface area is 81.5 Å². The van der Waals surface area contributed by atoms with Crippen molar-refractivity contribution in [3.8, 4) is 0 Å². The Hall–Kier alpha value is -0.540. The van der Waals surface area contributed by atoms with Crippen LogP contribution in [0.15, 0.2) is 23.1 Å². The summed E-state index contributed by atoms with van der Waals surface area (Å²) in [5.41, 5.74) is 6.77. The Kier molecular flexibility index (Phi) is 2.08. The summed E-state index contributed by atoms with van der Waals surface area (Å²) >= 11 is 1.62. The van der Waals surface area contributed by atoms with Crippen LogP contribution in [0.25, 0.3) is 0 Å². The van der Waals surface area contributed by atoms with Crippen LogP contribution in [-0.4, -0.2) is 6.26 Å². The minimum atomic E-state index is -0.236. The summed E-state index contributed by atoms with van der Waals surface area (Å²) in [7, 11) is 0. The predicted molar refractivity (Wildman–Crippen MR) is 53.3 cm³/mol. The first kappa shape index (κ1) is 9.03. The summed E-state index contributed by atoms with van der Waals surface area (Å²) in [5.74, 6) is -0.190. The molecule has 0 unspecified atom stereocenters. The van der Waals surface area contributed by atoms with E-state index in [2.05, 4.69) is 0 Å². The summed E-state index contributed by atoms with van der Waals surface area (Å²) in [5, 5.41) is 0. The smallest absolute Gasteiger partial charge is 0.123 e. The second-order valence-electron chi connectivity index (χ2n) is 3.50.